The summed E-state index contributed by atoms with van der Waals surface area (Å²) in [5, 5.41) is 1.70. The van der Waals surface area contributed by atoms with Crippen LogP contribution in [0.3, 0.4) is 0 Å². The normalized spacial score (nSPS) is 21.4. The lowest BCUT2D eigenvalue weighted by atomic mass is 10.1. The molecule has 0 radical (unpaired) electrons. The summed E-state index contributed by atoms with van der Waals surface area (Å²) in [4.78, 5) is 2.52. The number of nitrogens with zero attached hydrogens (tertiary/aromatic N) is 1. The molecule has 0 amide bonds. The molecule has 3 heteroatoms. The first kappa shape index (κ1) is 13.2. The number of anilines is 1. The summed E-state index contributed by atoms with van der Waals surface area (Å²) in [7, 11) is 0. The Bertz CT molecular complexity index is 380. The molecule has 1 unspecified atom stereocenters. The lowest BCUT2D eigenvalue weighted by Crippen LogP contribution is -2.33. The third kappa shape index (κ3) is 2.97. The van der Waals surface area contributed by atoms with Gasteiger partial charge in [-0.1, -0.05) is 46.4 Å². The minimum absolute atomic E-state index is 0.619. The van der Waals surface area contributed by atoms with Crippen molar-refractivity contribution < 1.29 is 0 Å². The third-order valence-corrected chi connectivity index (χ3v) is 4.51. The van der Waals surface area contributed by atoms with E-state index in [1.165, 1.54) is 36.9 Å². The highest BCUT2D eigenvalue weighted by molar-refractivity contribution is 9.08. The highest BCUT2D eigenvalue weighted by Gasteiger charge is 2.20. The maximum absolute atomic E-state index is 6.28. The van der Waals surface area contributed by atoms with Gasteiger partial charge in [0.2, 0.25) is 0 Å². The topological polar surface area (TPSA) is 3.24 Å². The van der Waals surface area contributed by atoms with Crippen molar-refractivity contribution in [2.75, 3.05) is 11.4 Å². The Morgan fingerprint density at radius 1 is 1.35 bits per heavy atom. The van der Waals surface area contributed by atoms with Gasteiger partial charge in [-0.15, -0.1) is 0 Å². The summed E-state index contributed by atoms with van der Waals surface area (Å²) in [5.41, 5.74) is 2.53. The van der Waals surface area contributed by atoms with Crippen LogP contribution in [0.4, 0.5) is 5.69 Å². The van der Waals surface area contributed by atoms with Gasteiger partial charge in [-0.05, 0) is 31.9 Å². The Balaban J connectivity index is 2.34. The van der Waals surface area contributed by atoms with Crippen molar-refractivity contribution in [1.82, 2.24) is 0 Å². The minimum atomic E-state index is 0.619. The van der Waals surface area contributed by atoms with E-state index in [-0.39, 0.29) is 0 Å². The molecule has 17 heavy (non-hydrogen) atoms. The first-order valence-electron chi connectivity index (χ1n) is 6.34. The van der Waals surface area contributed by atoms with E-state index in [2.05, 4.69) is 39.9 Å². The summed E-state index contributed by atoms with van der Waals surface area (Å²) in [5.74, 6) is 0. The molecular formula is C14H19BrClN. The van der Waals surface area contributed by atoms with Crippen molar-refractivity contribution >= 4 is 33.2 Å². The molecule has 1 aliphatic heterocycles. The van der Waals surface area contributed by atoms with E-state index < -0.39 is 0 Å². The van der Waals surface area contributed by atoms with Crippen molar-refractivity contribution in [2.45, 2.75) is 44.0 Å². The molecular weight excluding hydrogens is 298 g/mol. The molecule has 0 spiro atoms. The molecule has 0 bridgehead atoms. The van der Waals surface area contributed by atoms with Gasteiger partial charge in [-0.3, -0.25) is 0 Å². The van der Waals surface area contributed by atoms with Crippen LogP contribution in [-0.4, -0.2) is 12.6 Å². The molecule has 2 rings (SSSR count). The number of halogens is 2. The Morgan fingerprint density at radius 2 is 2.18 bits per heavy atom. The summed E-state index contributed by atoms with van der Waals surface area (Å²) in [6.45, 7) is 3.48. The summed E-state index contributed by atoms with van der Waals surface area (Å²) in [6.07, 6.45) is 5.28. The van der Waals surface area contributed by atoms with E-state index in [1.54, 1.807) is 0 Å². The SMILES string of the molecule is CC1CCCCCN1c1cccc(Cl)c1CBr. The zero-order valence-electron chi connectivity index (χ0n) is 10.3. The van der Waals surface area contributed by atoms with Crippen LogP contribution in [0.25, 0.3) is 0 Å². The second kappa shape index (κ2) is 6.10. The average molecular weight is 317 g/mol. The lowest BCUT2D eigenvalue weighted by Gasteiger charge is -2.31. The fourth-order valence-electron chi connectivity index (χ4n) is 2.58. The maximum atomic E-state index is 6.28. The molecule has 1 aliphatic rings. The quantitative estimate of drug-likeness (QED) is 0.694. The highest BCUT2D eigenvalue weighted by atomic mass is 79.9. The fraction of sp³-hybridized carbons (Fsp3) is 0.571. The monoisotopic (exact) mass is 315 g/mol. The molecule has 1 heterocycles. The molecule has 0 aromatic heterocycles. The van der Waals surface area contributed by atoms with Crippen LogP contribution in [0.15, 0.2) is 18.2 Å². The van der Waals surface area contributed by atoms with Crippen LogP contribution in [0, 0.1) is 0 Å². The minimum Gasteiger partial charge on any atom is -0.369 e. The van der Waals surface area contributed by atoms with E-state index >= 15 is 0 Å². The molecule has 1 atom stereocenters. The van der Waals surface area contributed by atoms with Crippen LogP contribution >= 0.6 is 27.5 Å². The number of hydrogen-bond acceptors (Lipinski definition) is 1. The maximum Gasteiger partial charge on any atom is 0.0467 e. The van der Waals surface area contributed by atoms with Gasteiger partial charge in [0.1, 0.15) is 0 Å². The van der Waals surface area contributed by atoms with Gasteiger partial charge in [0.25, 0.3) is 0 Å². The number of alkyl halides is 1. The van der Waals surface area contributed by atoms with Crippen LogP contribution in [0.5, 0.6) is 0 Å². The van der Waals surface area contributed by atoms with E-state index in [9.17, 15) is 0 Å². The van der Waals surface area contributed by atoms with Crippen molar-refractivity contribution in [1.29, 1.82) is 0 Å². The van der Waals surface area contributed by atoms with Crippen molar-refractivity contribution in [3.63, 3.8) is 0 Å². The second-order valence-electron chi connectivity index (χ2n) is 4.76. The summed E-state index contributed by atoms with van der Waals surface area (Å²) >= 11 is 9.83. The van der Waals surface area contributed by atoms with Gasteiger partial charge in [0.15, 0.2) is 0 Å². The lowest BCUT2D eigenvalue weighted by molar-refractivity contribution is 0.615. The standard InChI is InChI=1S/C14H19BrClN/c1-11-6-3-2-4-9-17(11)14-8-5-7-13(16)12(14)10-15/h5,7-8,11H,2-4,6,9-10H2,1H3. The predicted octanol–water partition coefficient (Wildman–Crippen LogP) is 5.00. The van der Waals surface area contributed by atoms with Gasteiger partial charge in [-0.25, -0.2) is 0 Å². The Labute approximate surface area is 117 Å². The van der Waals surface area contributed by atoms with Crippen molar-refractivity contribution in [3.8, 4) is 0 Å². The van der Waals surface area contributed by atoms with Crippen LogP contribution in [0.2, 0.25) is 5.02 Å². The molecule has 1 nitrogen and oxygen atoms in total. The van der Waals surface area contributed by atoms with Crippen molar-refractivity contribution in [2.24, 2.45) is 0 Å². The first-order valence-corrected chi connectivity index (χ1v) is 7.84. The third-order valence-electron chi connectivity index (χ3n) is 3.59. The zero-order valence-corrected chi connectivity index (χ0v) is 12.6. The van der Waals surface area contributed by atoms with Gasteiger partial charge >= 0.3 is 0 Å². The molecule has 1 fully saturated rings. The Hall–Kier alpha value is -0.210. The van der Waals surface area contributed by atoms with Gasteiger partial charge in [-0.2, -0.15) is 0 Å². The van der Waals surface area contributed by atoms with E-state index in [1.807, 2.05) is 6.07 Å². The predicted molar refractivity (Wildman–Crippen MR) is 79.4 cm³/mol. The summed E-state index contributed by atoms with van der Waals surface area (Å²) in [6, 6.07) is 6.85. The molecule has 1 saturated heterocycles. The Kier molecular flexibility index (Phi) is 4.75. The van der Waals surface area contributed by atoms with Crippen molar-refractivity contribution in [3.05, 3.63) is 28.8 Å². The molecule has 0 aliphatic carbocycles. The zero-order chi connectivity index (χ0) is 12.3. The van der Waals surface area contributed by atoms with Crippen LogP contribution < -0.4 is 4.90 Å². The van der Waals surface area contributed by atoms with Gasteiger partial charge in [0.05, 0.1) is 0 Å². The average Bonchev–Trinajstić information content (AvgIpc) is 2.53. The first-order chi connectivity index (χ1) is 8.24. The largest absolute Gasteiger partial charge is 0.369 e. The molecule has 0 saturated carbocycles. The van der Waals surface area contributed by atoms with Crippen LogP contribution in [0.1, 0.15) is 38.2 Å². The summed E-state index contributed by atoms with van der Waals surface area (Å²) < 4.78 is 0. The van der Waals surface area contributed by atoms with E-state index in [4.69, 9.17) is 11.6 Å². The van der Waals surface area contributed by atoms with Gasteiger partial charge in [0, 0.05) is 34.2 Å². The number of rotatable bonds is 2. The fourth-order valence-corrected chi connectivity index (χ4v) is 3.57. The molecule has 94 valence electrons. The highest BCUT2D eigenvalue weighted by Crippen LogP contribution is 2.32. The van der Waals surface area contributed by atoms with Crippen LogP contribution in [-0.2, 0) is 5.33 Å². The van der Waals surface area contributed by atoms with E-state index in [0.29, 0.717) is 6.04 Å². The number of hydrogen-bond donors (Lipinski definition) is 0. The molecule has 0 N–H and O–H groups in total. The molecule has 1 aromatic rings. The molecule has 1 aromatic carbocycles. The van der Waals surface area contributed by atoms with Gasteiger partial charge < -0.3 is 4.90 Å². The second-order valence-corrected chi connectivity index (χ2v) is 5.73. The Morgan fingerprint density at radius 3 is 2.94 bits per heavy atom. The number of benzene rings is 1. The smallest absolute Gasteiger partial charge is 0.0467 e. The van der Waals surface area contributed by atoms with E-state index in [0.717, 1.165) is 16.9 Å².